The standard InChI is InChI=1S/C12H19N3O/c1-7-5-11(15(6-7)10(4)16)12-13-8(2)9(3)14-12/h7,11H,5-6H2,1-4H3,(H,13,14). The van der Waals surface area contributed by atoms with Gasteiger partial charge in [-0.2, -0.15) is 0 Å². The molecule has 1 fully saturated rings. The second-order valence-corrected chi connectivity index (χ2v) is 4.86. The first-order valence-electron chi connectivity index (χ1n) is 5.79. The Bertz CT molecular complexity index is 391. The molecule has 1 saturated heterocycles. The van der Waals surface area contributed by atoms with Crippen LogP contribution < -0.4 is 0 Å². The van der Waals surface area contributed by atoms with E-state index in [0.29, 0.717) is 5.92 Å². The minimum absolute atomic E-state index is 0.139. The van der Waals surface area contributed by atoms with Crippen molar-refractivity contribution in [2.24, 2.45) is 5.92 Å². The van der Waals surface area contributed by atoms with Gasteiger partial charge in [0.25, 0.3) is 0 Å². The van der Waals surface area contributed by atoms with Crippen LogP contribution in [0, 0.1) is 19.8 Å². The summed E-state index contributed by atoms with van der Waals surface area (Å²) in [5.74, 6) is 1.63. The highest BCUT2D eigenvalue weighted by Gasteiger charge is 2.34. The zero-order valence-corrected chi connectivity index (χ0v) is 10.4. The number of aryl methyl sites for hydroxylation is 2. The lowest BCUT2D eigenvalue weighted by atomic mass is 10.1. The molecule has 0 radical (unpaired) electrons. The zero-order valence-electron chi connectivity index (χ0n) is 10.4. The van der Waals surface area contributed by atoms with Crippen molar-refractivity contribution in [3.63, 3.8) is 0 Å². The second-order valence-electron chi connectivity index (χ2n) is 4.86. The van der Waals surface area contributed by atoms with Gasteiger partial charge in [0.2, 0.25) is 5.91 Å². The van der Waals surface area contributed by atoms with Gasteiger partial charge in [0.15, 0.2) is 0 Å². The number of imidazole rings is 1. The van der Waals surface area contributed by atoms with Crippen molar-refractivity contribution >= 4 is 5.91 Å². The fourth-order valence-electron chi connectivity index (χ4n) is 2.39. The summed E-state index contributed by atoms with van der Waals surface area (Å²) in [5.41, 5.74) is 2.12. The van der Waals surface area contributed by atoms with Crippen molar-refractivity contribution < 1.29 is 4.79 Å². The summed E-state index contributed by atoms with van der Waals surface area (Å²) >= 11 is 0. The summed E-state index contributed by atoms with van der Waals surface area (Å²) < 4.78 is 0. The van der Waals surface area contributed by atoms with Crippen LogP contribution in [-0.4, -0.2) is 27.3 Å². The molecule has 0 aliphatic carbocycles. The molecular formula is C12H19N3O. The van der Waals surface area contributed by atoms with Crippen molar-refractivity contribution in [2.45, 2.75) is 40.2 Å². The highest BCUT2D eigenvalue weighted by molar-refractivity contribution is 5.74. The molecule has 2 rings (SSSR count). The van der Waals surface area contributed by atoms with Crippen LogP contribution in [0.2, 0.25) is 0 Å². The first kappa shape index (κ1) is 11.2. The molecule has 1 aromatic heterocycles. The number of nitrogens with zero attached hydrogens (tertiary/aromatic N) is 2. The second kappa shape index (κ2) is 3.92. The van der Waals surface area contributed by atoms with Crippen LogP contribution in [-0.2, 0) is 4.79 Å². The summed E-state index contributed by atoms with van der Waals surface area (Å²) in [5, 5.41) is 0. The highest BCUT2D eigenvalue weighted by atomic mass is 16.2. The Balaban J connectivity index is 2.28. The number of carbonyl (C=O) groups is 1. The first-order chi connectivity index (χ1) is 7.49. The van der Waals surface area contributed by atoms with Crippen molar-refractivity contribution in [1.29, 1.82) is 0 Å². The number of hydrogen-bond acceptors (Lipinski definition) is 2. The van der Waals surface area contributed by atoms with E-state index in [1.807, 2.05) is 18.7 Å². The molecule has 0 spiro atoms. The lowest BCUT2D eigenvalue weighted by Crippen LogP contribution is -2.29. The van der Waals surface area contributed by atoms with Gasteiger partial charge >= 0.3 is 0 Å². The monoisotopic (exact) mass is 221 g/mol. The molecule has 2 atom stereocenters. The Kier molecular flexibility index (Phi) is 2.74. The quantitative estimate of drug-likeness (QED) is 0.788. The summed E-state index contributed by atoms with van der Waals surface area (Å²) in [4.78, 5) is 21.3. The maximum absolute atomic E-state index is 11.6. The molecule has 2 unspecified atom stereocenters. The Morgan fingerprint density at radius 3 is 2.69 bits per heavy atom. The van der Waals surface area contributed by atoms with E-state index in [0.717, 1.165) is 30.2 Å². The maximum atomic E-state index is 11.6. The molecular weight excluding hydrogens is 202 g/mol. The van der Waals surface area contributed by atoms with E-state index in [1.165, 1.54) is 0 Å². The number of likely N-dealkylation sites (tertiary alicyclic amines) is 1. The SMILES string of the molecule is CC(=O)N1CC(C)CC1c1nc(C)c(C)[nH]1. The molecule has 16 heavy (non-hydrogen) atoms. The van der Waals surface area contributed by atoms with E-state index in [2.05, 4.69) is 16.9 Å². The van der Waals surface area contributed by atoms with Crippen LogP contribution in [0.4, 0.5) is 0 Å². The number of aromatic nitrogens is 2. The molecule has 1 aliphatic rings. The van der Waals surface area contributed by atoms with Crippen LogP contribution in [0.15, 0.2) is 0 Å². The lowest BCUT2D eigenvalue weighted by molar-refractivity contribution is -0.130. The average Bonchev–Trinajstić information content (AvgIpc) is 2.71. The fourth-order valence-corrected chi connectivity index (χ4v) is 2.39. The zero-order chi connectivity index (χ0) is 11.9. The van der Waals surface area contributed by atoms with Gasteiger partial charge in [-0.3, -0.25) is 4.79 Å². The molecule has 0 bridgehead atoms. The van der Waals surface area contributed by atoms with Crippen molar-refractivity contribution in [3.8, 4) is 0 Å². The Morgan fingerprint density at radius 2 is 2.19 bits per heavy atom. The van der Waals surface area contributed by atoms with Gasteiger partial charge < -0.3 is 9.88 Å². The third kappa shape index (κ3) is 1.84. The first-order valence-corrected chi connectivity index (χ1v) is 5.79. The van der Waals surface area contributed by atoms with Crippen LogP contribution in [0.5, 0.6) is 0 Å². The van der Waals surface area contributed by atoms with Crippen LogP contribution in [0.3, 0.4) is 0 Å². The molecule has 1 amide bonds. The van der Waals surface area contributed by atoms with Gasteiger partial charge in [-0.15, -0.1) is 0 Å². The van der Waals surface area contributed by atoms with Gasteiger partial charge in [0, 0.05) is 19.2 Å². The number of H-pyrrole nitrogens is 1. The van der Waals surface area contributed by atoms with Crippen LogP contribution in [0.25, 0.3) is 0 Å². The van der Waals surface area contributed by atoms with Gasteiger partial charge in [0.1, 0.15) is 5.82 Å². The van der Waals surface area contributed by atoms with Gasteiger partial charge in [-0.05, 0) is 26.2 Å². The molecule has 4 nitrogen and oxygen atoms in total. The normalized spacial score (nSPS) is 25.1. The number of carbonyl (C=O) groups excluding carboxylic acids is 1. The van der Waals surface area contributed by atoms with Crippen LogP contribution >= 0.6 is 0 Å². The molecule has 1 aromatic rings. The molecule has 1 aliphatic heterocycles. The topological polar surface area (TPSA) is 49.0 Å². The molecule has 0 saturated carbocycles. The minimum Gasteiger partial charge on any atom is -0.344 e. The van der Waals surface area contributed by atoms with E-state index in [9.17, 15) is 4.79 Å². The third-order valence-corrected chi connectivity index (χ3v) is 3.38. The van der Waals surface area contributed by atoms with E-state index >= 15 is 0 Å². The van der Waals surface area contributed by atoms with Crippen molar-refractivity contribution in [3.05, 3.63) is 17.2 Å². The summed E-state index contributed by atoms with van der Waals surface area (Å²) in [6, 6.07) is 0.139. The van der Waals surface area contributed by atoms with E-state index in [4.69, 9.17) is 0 Å². The van der Waals surface area contributed by atoms with E-state index < -0.39 is 0 Å². The number of nitrogens with one attached hydrogen (secondary N) is 1. The summed E-state index contributed by atoms with van der Waals surface area (Å²) in [7, 11) is 0. The van der Waals surface area contributed by atoms with Crippen molar-refractivity contribution in [2.75, 3.05) is 6.54 Å². The minimum atomic E-state index is 0.139. The summed E-state index contributed by atoms with van der Waals surface area (Å²) in [6.45, 7) is 8.67. The number of aromatic amines is 1. The average molecular weight is 221 g/mol. The van der Waals surface area contributed by atoms with Crippen LogP contribution in [0.1, 0.15) is 43.5 Å². The Morgan fingerprint density at radius 1 is 1.50 bits per heavy atom. The number of amides is 1. The number of rotatable bonds is 1. The lowest BCUT2D eigenvalue weighted by Gasteiger charge is -2.21. The molecule has 2 heterocycles. The van der Waals surface area contributed by atoms with E-state index in [-0.39, 0.29) is 11.9 Å². The summed E-state index contributed by atoms with van der Waals surface area (Å²) in [6.07, 6.45) is 1.01. The smallest absolute Gasteiger partial charge is 0.220 e. The number of hydrogen-bond donors (Lipinski definition) is 1. The Hall–Kier alpha value is -1.32. The molecule has 88 valence electrons. The molecule has 1 N–H and O–H groups in total. The highest BCUT2D eigenvalue weighted by Crippen LogP contribution is 2.33. The predicted octanol–water partition coefficient (Wildman–Crippen LogP) is 1.96. The largest absolute Gasteiger partial charge is 0.344 e. The Labute approximate surface area is 96.1 Å². The van der Waals surface area contributed by atoms with Crippen molar-refractivity contribution in [1.82, 2.24) is 14.9 Å². The molecule has 0 aromatic carbocycles. The third-order valence-electron chi connectivity index (χ3n) is 3.38. The van der Waals surface area contributed by atoms with Gasteiger partial charge in [-0.1, -0.05) is 6.92 Å². The maximum Gasteiger partial charge on any atom is 0.220 e. The van der Waals surface area contributed by atoms with Gasteiger partial charge in [0.05, 0.1) is 11.7 Å². The van der Waals surface area contributed by atoms with Gasteiger partial charge in [-0.25, -0.2) is 4.98 Å². The van der Waals surface area contributed by atoms with E-state index in [1.54, 1.807) is 6.92 Å². The fraction of sp³-hybridized carbons (Fsp3) is 0.667. The molecule has 4 heteroatoms. The predicted molar refractivity (Wildman–Crippen MR) is 62.0 cm³/mol.